The minimum atomic E-state index is 0. The van der Waals surface area contributed by atoms with Gasteiger partial charge in [-0.2, -0.15) is 0 Å². The maximum Gasteiger partial charge on any atom is 0.0164 e. The molecule has 0 aromatic carbocycles. The summed E-state index contributed by atoms with van der Waals surface area (Å²) >= 11 is 0. The SMILES string of the molecule is C=CCC(=N)CC=C.Cl. The molecule has 0 spiro atoms. The van der Waals surface area contributed by atoms with Gasteiger partial charge in [0.2, 0.25) is 0 Å². The van der Waals surface area contributed by atoms with Crippen LogP contribution in [0.4, 0.5) is 0 Å². The van der Waals surface area contributed by atoms with Gasteiger partial charge in [-0.3, -0.25) is 0 Å². The minimum Gasteiger partial charge on any atom is -0.309 e. The summed E-state index contributed by atoms with van der Waals surface area (Å²) in [5, 5.41) is 7.15. The zero-order chi connectivity index (χ0) is 6.41. The van der Waals surface area contributed by atoms with Crippen LogP contribution in [0.1, 0.15) is 12.8 Å². The van der Waals surface area contributed by atoms with E-state index in [9.17, 15) is 0 Å². The lowest BCUT2D eigenvalue weighted by Crippen LogP contribution is -1.89. The summed E-state index contributed by atoms with van der Waals surface area (Å²) in [5.41, 5.74) is 0.676. The van der Waals surface area contributed by atoms with Crippen molar-refractivity contribution in [3.8, 4) is 0 Å². The molecule has 2 heteroatoms. The number of hydrogen-bond acceptors (Lipinski definition) is 1. The van der Waals surface area contributed by atoms with Crippen LogP contribution in [0.15, 0.2) is 25.3 Å². The molecule has 0 amide bonds. The quantitative estimate of drug-likeness (QED) is 0.465. The van der Waals surface area contributed by atoms with E-state index in [1.54, 1.807) is 12.2 Å². The van der Waals surface area contributed by atoms with Crippen LogP contribution >= 0.6 is 12.4 Å². The number of allylic oxidation sites excluding steroid dienone is 2. The Labute approximate surface area is 62.4 Å². The van der Waals surface area contributed by atoms with Gasteiger partial charge in [0.05, 0.1) is 0 Å². The van der Waals surface area contributed by atoms with E-state index in [4.69, 9.17) is 5.41 Å². The highest BCUT2D eigenvalue weighted by molar-refractivity contribution is 5.85. The smallest absolute Gasteiger partial charge is 0.0164 e. The third kappa shape index (κ3) is 7.44. The fourth-order valence-electron chi connectivity index (χ4n) is 0.432. The molecule has 0 aliphatic rings. The molecule has 1 nitrogen and oxygen atoms in total. The highest BCUT2D eigenvalue weighted by Gasteiger charge is 1.85. The van der Waals surface area contributed by atoms with Crippen molar-refractivity contribution < 1.29 is 0 Å². The molecule has 0 heterocycles. The predicted molar refractivity (Wildman–Crippen MR) is 44.6 cm³/mol. The number of rotatable bonds is 4. The van der Waals surface area contributed by atoms with Gasteiger partial charge in [-0.15, -0.1) is 25.6 Å². The van der Waals surface area contributed by atoms with Crippen LogP contribution in [0.3, 0.4) is 0 Å². The Hall–Kier alpha value is -0.560. The third-order valence-electron chi connectivity index (χ3n) is 0.781. The Balaban J connectivity index is 0. The van der Waals surface area contributed by atoms with Gasteiger partial charge in [-0.1, -0.05) is 12.2 Å². The van der Waals surface area contributed by atoms with Gasteiger partial charge < -0.3 is 5.41 Å². The molecular weight excluding hydrogens is 134 g/mol. The van der Waals surface area contributed by atoms with E-state index >= 15 is 0 Å². The van der Waals surface area contributed by atoms with Crippen molar-refractivity contribution in [1.82, 2.24) is 0 Å². The van der Waals surface area contributed by atoms with E-state index < -0.39 is 0 Å². The molecule has 0 aliphatic heterocycles. The van der Waals surface area contributed by atoms with E-state index in [0.717, 1.165) is 0 Å². The molecule has 52 valence electrons. The van der Waals surface area contributed by atoms with E-state index in [-0.39, 0.29) is 12.4 Å². The van der Waals surface area contributed by atoms with Gasteiger partial charge in [0.25, 0.3) is 0 Å². The van der Waals surface area contributed by atoms with Crippen molar-refractivity contribution in [1.29, 1.82) is 5.41 Å². The molecule has 0 aliphatic carbocycles. The maximum atomic E-state index is 7.15. The van der Waals surface area contributed by atoms with Crippen molar-refractivity contribution in [3.63, 3.8) is 0 Å². The van der Waals surface area contributed by atoms with Crippen molar-refractivity contribution in [3.05, 3.63) is 25.3 Å². The molecule has 0 rings (SSSR count). The largest absolute Gasteiger partial charge is 0.309 e. The number of nitrogens with one attached hydrogen (secondary N) is 1. The Kier molecular flexibility index (Phi) is 9.31. The second-order valence-electron chi connectivity index (χ2n) is 1.59. The summed E-state index contributed by atoms with van der Waals surface area (Å²) in [4.78, 5) is 0. The Bertz CT molecular complexity index is 95.5. The fraction of sp³-hybridized carbons (Fsp3) is 0.286. The van der Waals surface area contributed by atoms with Crippen LogP contribution in [0.25, 0.3) is 0 Å². The van der Waals surface area contributed by atoms with Crippen molar-refractivity contribution >= 4 is 18.1 Å². The summed E-state index contributed by atoms with van der Waals surface area (Å²) in [7, 11) is 0. The van der Waals surface area contributed by atoms with E-state index in [2.05, 4.69) is 13.2 Å². The average Bonchev–Trinajstić information content (AvgIpc) is 1.68. The van der Waals surface area contributed by atoms with Gasteiger partial charge in [-0.25, -0.2) is 0 Å². The van der Waals surface area contributed by atoms with Gasteiger partial charge in [-0.05, 0) is 0 Å². The van der Waals surface area contributed by atoms with Crippen LogP contribution in [-0.4, -0.2) is 5.71 Å². The molecule has 0 fully saturated rings. The lowest BCUT2D eigenvalue weighted by molar-refractivity contribution is 1.27. The Morgan fingerprint density at radius 2 is 1.56 bits per heavy atom. The normalized spacial score (nSPS) is 7.11. The number of hydrogen-bond donors (Lipinski definition) is 1. The molecular formula is C7H12ClN. The Morgan fingerprint density at radius 1 is 1.22 bits per heavy atom. The van der Waals surface area contributed by atoms with Crippen LogP contribution < -0.4 is 0 Å². The summed E-state index contributed by atoms with van der Waals surface area (Å²) < 4.78 is 0. The second-order valence-corrected chi connectivity index (χ2v) is 1.59. The molecule has 0 radical (unpaired) electrons. The predicted octanol–water partition coefficient (Wildman–Crippen LogP) is 2.58. The topological polar surface area (TPSA) is 23.9 Å². The van der Waals surface area contributed by atoms with E-state index in [0.29, 0.717) is 18.6 Å². The third-order valence-corrected chi connectivity index (χ3v) is 0.781. The highest BCUT2D eigenvalue weighted by atomic mass is 35.5. The zero-order valence-corrected chi connectivity index (χ0v) is 6.21. The zero-order valence-electron chi connectivity index (χ0n) is 5.39. The molecule has 1 N–H and O–H groups in total. The summed E-state index contributed by atoms with van der Waals surface area (Å²) in [6.07, 6.45) is 4.83. The van der Waals surface area contributed by atoms with Crippen molar-refractivity contribution in [2.24, 2.45) is 0 Å². The first-order chi connectivity index (χ1) is 3.81. The molecule has 0 aromatic heterocycles. The first-order valence-electron chi connectivity index (χ1n) is 2.59. The maximum absolute atomic E-state index is 7.15. The van der Waals surface area contributed by atoms with Crippen LogP contribution in [0.5, 0.6) is 0 Å². The minimum absolute atomic E-state index is 0. The summed E-state index contributed by atoms with van der Waals surface area (Å²) in [6, 6.07) is 0. The van der Waals surface area contributed by atoms with Gasteiger partial charge >= 0.3 is 0 Å². The standard InChI is InChI=1S/C7H11N.ClH/c1-3-5-7(8)6-4-2;/h3-4,8H,1-2,5-6H2;1H. The van der Waals surface area contributed by atoms with Crippen molar-refractivity contribution in [2.45, 2.75) is 12.8 Å². The molecule has 0 atom stereocenters. The van der Waals surface area contributed by atoms with Crippen molar-refractivity contribution in [2.75, 3.05) is 0 Å². The van der Waals surface area contributed by atoms with Crippen LogP contribution in [0, 0.1) is 5.41 Å². The van der Waals surface area contributed by atoms with Crippen LogP contribution in [0.2, 0.25) is 0 Å². The van der Waals surface area contributed by atoms with Gasteiger partial charge in [0.15, 0.2) is 0 Å². The fourth-order valence-corrected chi connectivity index (χ4v) is 0.432. The monoisotopic (exact) mass is 145 g/mol. The van der Waals surface area contributed by atoms with E-state index in [1.807, 2.05) is 0 Å². The van der Waals surface area contributed by atoms with Gasteiger partial charge in [0, 0.05) is 18.6 Å². The average molecular weight is 146 g/mol. The molecule has 0 unspecified atom stereocenters. The Morgan fingerprint density at radius 3 is 1.78 bits per heavy atom. The number of halogens is 1. The molecule has 9 heavy (non-hydrogen) atoms. The lowest BCUT2D eigenvalue weighted by atomic mass is 10.2. The second kappa shape index (κ2) is 7.44. The van der Waals surface area contributed by atoms with Gasteiger partial charge in [0.1, 0.15) is 0 Å². The molecule has 0 bridgehead atoms. The highest BCUT2D eigenvalue weighted by Crippen LogP contribution is 1.89. The first kappa shape index (κ1) is 11.3. The first-order valence-corrected chi connectivity index (χ1v) is 2.59. The molecule has 0 aromatic rings. The van der Waals surface area contributed by atoms with Crippen LogP contribution in [-0.2, 0) is 0 Å². The van der Waals surface area contributed by atoms with E-state index in [1.165, 1.54) is 0 Å². The lowest BCUT2D eigenvalue weighted by Gasteiger charge is -1.90. The molecule has 0 saturated heterocycles. The summed E-state index contributed by atoms with van der Waals surface area (Å²) in [6.45, 7) is 7.02. The summed E-state index contributed by atoms with van der Waals surface area (Å²) in [5.74, 6) is 0. The molecule has 0 saturated carbocycles.